The molecule has 11 unspecified atom stereocenters. The Hall–Kier alpha value is -1.49. The largest absolute Gasteiger partial charge is 0.481 e. The molecule has 5 nitrogen and oxygen atoms in total. The average Bonchev–Trinajstić information content (AvgIpc) is 3.76. The van der Waals surface area contributed by atoms with Crippen LogP contribution in [-0.2, 0) is 14.4 Å². The molecule has 0 spiro atoms. The fraction of sp³-hybridized carbons (Fsp3) is 0.881. The molecule has 7 rings (SSSR count). The highest BCUT2D eigenvalue weighted by molar-refractivity contribution is 6.00. The van der Waals surface area contributed by atoms with Crippen molar-refractivity contribution >= 4 is 17.5 Å². The van der Waals surface area contributed by atoms with Gasteiger partial charge in [0, 0.05) is 24.2 Å². The Labute approximate surface area is 285 Å². The van der Waals surface area contributed by atoms with Crippen LogP contribution in [0.3, 0.4) is 0 Å². The van der Waals surface area contributed by atoms with Crippen molar-refractivity contribution in [3.8, 4) is 0 Å². The summed E-state index contributed by atoms with van der Waals surface area (Å²) in [5.74, 6) is 3.74. The minimum Gasteiger partial charge on any atom is -0.481 e. The second-order valence-electron chi connectivity index (χ2n) is 19.6. The first kappa shape index (κ1) is 34.0. The van der Waals surface area contributed by atoms with Crippen LogP contribution in [0.1, 0.15) is 138 Å². The number of carbonyl (C=O) groups is 3. The Kier molecular flexibility index (Phi) is 8.53. The van der Waals surface area contributed by atoms with Crippen molar-refractivity contribution in [2.24, 2.45) is 80.8 Å². The van der Waals surface area contributed by atoms with Crippen LogP contribution in [0.5, 0.6) is 0 Å². The summed E-state index contributed by atoms with van der Waals surface area (Å²) in [6, 6.07) is 0. The average molecular weight is 648 g/mol. The monoisotopic (exact) mass is 647 g/mol. The van der Waals surface area contributed by atoms with Crippen LogP contribution in [0.4, 0.5) is 0 Å². The van der Waals surface area contributed by atoms with Gasteiger partial charge < -0.3 is 10.4 Å². The molecule has 6 saturated carbocycles. The van der Waals surface area contributed by atoms with Gasteiger partial charge in [-0.25, -0.2) is 0 Å². The van der Waals surface area contributed by atoms with Gasteiger partial charge in [0.1, 0.15) is 5.78 Å². The molecule has 11 atom stereocenters. The number of aliphatic carboxylic acids is 1. The highest BCUT2D eigenvalue weighted by atomic mass is 16.4. The molecular weight excluding hydrogens is 582 g/mol. The van der Waals surface area contributed by atoms with E-state index in [1.807, 2.05) is 6.92 Å². The van der Waals surface area contributed by atoms with Gasteiger partial charge in [0.15, 0.2) is 5.78 Å². The number of hydrogen-bond acceptors (Lipinski definition) is 4. The van der Waals surface area contributed by atoms with E-state index in [0.29, 0.717) is 65.3 Å². The maximum Gasteiger partial charge on any atom is 0.306 e. The molecule has 6 fully saturated rings. The van der Waals surface area contributed by atoms with Crippen LogP contribution < -0.4 is 5.32 Å². The molecule has 0 saturated heterocycles. The highest BCUT2D eigenvalue weighted by Crippen LogP contribution is 2.74. The van der Waals surface area contributed by atoms with Crippen molar-refractivity contribution < 1.29 is 19.5 Å². The minimum absolute atomic E-state index is 0.0303. The first-order chi connectivity index (χ1) is 22.1. The molecular formula is C42H65NO4. The molecule has 0 heterocycles. The van der Waals surface area contributed by atoms with E-state index in [2.05, 4.69) is 46.9 Å². The summed E-state index contributed by atoms with van der Waals surface area (Å²) in [4.78, 5) is 38.9. The van der Waals surface area contributed by atoms with Crippen LogP contribution in [0.2, 0.25) is 0 Å². The summed E-state index contributed by atoms with van der Waals surface area (Å²) >= 11 is 0. The lowest BCUT2D eigenvalue weighted by atomic mass is 9.35. The van der Waals surface area contributed by atoms with Crippen molar-refractivity contribution in [3.05, 3.63) is 11.1 Å². The van der Waals surface area contributed by atoms with E-state index in [-0.39, 0.29) is 34.0 Å². The normalized spacial score (nSPS) is 45.5. The highest BCUT2D eigenvalue weighted by Gasteiger charge is 2.66. The standard InChI is InChI=1S/C42H65NO4/c1-24(2)36-33(45)22-42(18-19-43-23-26-8-9-26)17-13-31-28(37(36)42)10-11-35-40(31,6)16-14-34-39(4,5)27(12-15-41(34,35)7)20-32(44)29-21-30(25(29)3)38(46)47/h24-31,34-35,43H,8-23H2,1-7H3,(H,46,47). The van der Waals surface area contributed by atoms with Crippen molar-refractivity contribution in [3.63, 3.8) is 0 Å². The molecule has 0 aliphatic heterocycles. The lowest BCUT2D eigenvalue weighted by Crippen LogP contribution is -2.62. The van der Waals surface area contributed by atoms with E-state index in [4.69, 9.17) is 0 Å². The molecule has 0 aromatic carbocycles. The summed E-state index contributed by atoms with van der Waals surface area (Å²) in [5.41, 5.74) is 3.63. The van der Waals surface area contributed by atoms with Gasteiger partial charge in [0.2, 0.25) is 0 Å². The van der Waals surface area contributed by atoms with E-state index in [0.717, 1.165) is 38.3 Å². The van der Waals surface area contributed by atoms with Crippen molar-refractivity contribution in [1.29, 1.82) is 0 Å². The third-order valence-corrected chi connectivity index (χ3v) is 16.8. The Morgan fingerprint density at radius 1 is 0.894 bits per heavy atom. The minimum atomic E-state index is -0.740. The summed E-state index contributed by atoms with van der Waals surface area (Å²) in [6.07, 6.45) is 15.7. The quantitative estimate of drug-likeness (QED) is 0.231. The smallest absolute Gasteiger partial charge is 0.306 e. The van der Waals surface area contributed by atoms with Crippen LogP contribution in [0, 0.1) is 80.8 Å². The summed E-state index contributed by atoms with van der Waals surface area (Å²) in [7, 11) is 0. The molecule has 0 radical (unpaired) electrons. The number of carboxylic acid groups (broad SMARTS) is 1. The third kappa shape index (κ3) is 5.27. The third-order valence-electron chi connectivity index (χ3n) is 16.8. The molecule has 262 valence electrons. The maximum atomic E-state index is 13.8. The molecule has 7 aliphatic rings. The molecule has 0 aromatic heterocycles. The van der Waals surface area contributed by atoms with Gasteiger partial charge in [-0.2, -0.15) is 0 Å². The topological polar surface area (TPSA) is 83.5 Å². The Bertz CT molecular complexity index is 1330. The van der Waals surface area contributed by atoms with Crippen LogP contribution >= 0.6 is 0 Å². The predicted molar refractivity (Wildman–Crippen MR) is 187 cm³/mol. The zero-order chi connectivity index (χ0) is 33.7. The van der Waals surface area contributed by atoms with Gasteiger partial charge >= 0.3 is 5.97 Å². The zero-order valence-electron chi connectivity index (χ0n) is 30.8. The lowest BCUT2D eigenvalue weighted by molar-refractivity contribution is -0.193. The van der Waals surface area contributed by atoms with E-state index in [1.165, 1.54) is 63.4 Å². The maximum absolute atomic E-state index is 13.8. The fourth-order valence-corrected chi connectivity index (χ4v) is 14.1. The summed E-state index contributed by atoms with van der Waals surface area (Å²) in [6.45, 7) is 19.0. The van der Waals surface area contributed by atoms with Gasteiger partial charge in [0.25, 0.3) is 0 Å². The number of rotatable bonds is 10. The Balaban J connectivity index is 1.10. The van der Waals surface area contributed by atoms with E-state index in [9.17, 15) is 19.5 Å². The van der Waals surface area contributed by atoms with Crippen LogP contribution in [0.25, 0.3) is 0 Å². The van der Waals surface area contributed by atoms with E-state index >= 15 is 0 Å². The summed E-state index contributed by atoms with van der Waals surface area (Å²) in [5, 5.41) is 13.3. The van der Waals surface area contributed by atoms with Crippen LogP contribution in [0.15, 0.2) is 11.1 Å². The second kappa shape index (κ2) is 11.8. The first-order valence-corrected chi connectivity index (χ1v) is 19.9. The Morgan fingerprint density at radius 3 is 2.28 bits per heavy atom. The number of nitrogens with one attached hydrogen (secondary N) is 1. The molecule has 7 aliphatic carbocycles. The van der Waals surface area contributed by atoms with Crippen molar-refractivity contribution in [2.45, 2.75) is 138 Å². The number of Topliss-reactive ketones (excluding diaryl/α,β-unsaturated/α-hetero) is 2. The number of carbonyl (C=O) groups excluding carboxylic acids is 2. The van der Waals surface area contributed by atoms with Crippen LogP contribution in [-0.4, -0.2) is 35.7 Å². The second-order valence-corrected chi connectivity index (χ2v) is 19.6. The predicted octanol–water partition coefficient (Wildman–Crippen LogP) is 8.90. The number of carboxylic acids is 1. The van der Waals surface area contributed by atoms with Gasteiger partial charge in [-0.05, 0) is 159 Å². The fourth-order valence-electron chi connectivity index (χ4n) is 14.1. The first-order valence-electron chi connectivity index (χ1n) is 19.9. The molecule has 0 amide bonds. The number of ketones is 2. The SMILES string of the molecule is CC(C)C1=C2C3CCC4C(C)(CCC5C(C)(C)C(CC(=O)C6CC(C(=O)O)C6C)CCC54C)C3CCC2(CCNCC2CC2)CC1=O. The number of fused-ring (bicyclic) bond motifs is 7. The molecule has 5 heteroatoms. The lowest BCUT2D eigenvalue weighted by Gasteiger charge is -2.69. The van der Waals surface area contributed by atoms with E-state index in [1.54, 1.807) is 5.57 Å². The van der Waals surface area contributed by atoms with E-state index < -0.39 is 5.97 Å². The van der Waals surface area contributed by atoms with Crippen molar-refractivity contribution in [2.75, 3.05) is 13.1 Å². The number of allylic oxidation sites excluding steroid dienone is 2. The van der Waals surface area contributed by atoms with Gasteiger partial charge in [-0.1, -0.05) is 54.0 Å². The number of hydrogen-bond donors (Lipinski definition) is 2. The Morgan fingerprint density at radius 2 is 1.62 bits per heavy atom. The van der Waals surface area contributed by atoms with Gasteiger partial charge in [0.05, 0.1) is 5.92 Å². The van der Waals surface area contributed by atoms with Crippen molar-refractivity contribution in [1.82, 2.24) is 5.32 Å². The van der Waals surface area contributed by atoms with Gasteiger partial charge in [-0.3, -0.25) is 14.4 Å². The van der Waals surface area contributed by atoms with Gasteiger partial charge in [-0.15, -0.1) is 0 Å². The molecule has 2 N–H and O–H groups in total. The zero-order valence-corrected chi connectivity index (χ0v) is 30.8. The molecule has 47 heavy (non-hydrogen) atoms. The molecule has 0 bridgehead atoms. The molecule has 0 aromatic rings. The summed E-state index contributed by atoms with van der Waals surface area (Å²) < 4.78 is 0.